The summed E-state index contributed by atoms with van der Waals surface area (Å²) in [4.78, 5) is 29.2. The van der Waals surface area contributed by atoms with Crippen LogP contribution in [-0.2, 0) is 0 Å². The van der Waals surface area contributed by atoms with Crippen molar-refractivity contribution in [2.24, 2.45) is 5.10 Å². The monoisotopic (exact) mass is 372 g/mol. The Morgan fingerprint density at radius 2 is 2.04 bits per heavy atom. The summed E-state index contributed by atoms with van der Waals surface area (Å²) in [7, 11) is 0. The lowest BCUT2D eigenvalue weighted by Crippen LogP contribution is -2.31. The average Bonchev–Trinajstić information content (AvgIpc) is 2.70. The van der Waals surface area contributed by atoms with Crippen molar-refractivity contribution < 1.29 is 4.79 Å². The molecule has 0 unspecified atom stereocenters. The van der Waals surface area contributed by atoms with Crippen LogP contribution in [-0.4, -0.2) is 26.9 Å². The van der Waals surface area contributed by atoms with Gasteiger partial charge in [0.05, 0.1) is 11.9 Å². The lowest BCUT2D eigenvalue weighted by Gasteiger charge is -2.12. The highest BCUT2D eigenvalue weighted by Crippen LogP contribution is 2.13. The van der Waals surface area contributed by atoms with Crippen molar-refractivity contribution in [1.82, 2.24) is 20.2 Å². The maximum atomic E-state index is 12.7. The number of pyridine rings is 1. The van der Waals surface area contributed by atoms with Crippen molar-refractivity contribution in [3.63, 3.8) is 0 Å². The smallest absolute Gasteiger partial charge is 0.266 e. The highest BCUT2D eigenvalue weighted by atomic mass is 16.2. The Morgan fingerprint density at radius 1 is 1.25 bits per heavy atom. The molecule has 0 aliphatic rings. The van der Waals surface area contributed by atoms with E-state index < -0.39 is 11.5 Å². The molecule has 0 aliphatic heterocycles. The molecule has 0 saturated carbocycles. The third-order valence-electron chi connectivity index (χ3n) is 4.07. The molecular weight excluding hydrogens is 356 g/mol. The lowest BCUT2D eigenvalue weighted by molar-refractivity contribution is 0.0947. The van der Waals surface area contributed by atoms with Gasteiger partial charge in [0.1, 0.15) is 11.6 Å². The summed E-state index contributed by atoms with van der Waals surface area (Å²) < 4.78 is 1.07. The number of hydrogen-bond acceptors (Lipinski definition) is 6. The molecular formula is C20H16N6O2. The SMILES string of the molecule is Cc1ccccc1-n1nc(C(=O)N/N=C/c2cccnc2)c(C)c(C#N)c1=O. The number of amides is 1. The minimum atomic E-state index is -0.628. The van der Waals surface area contributed by atoms with Crippen molar-refractivity contribution in [1.29, 1.82) is 5.26 Å². The molecule has 0 atom stereocenters. The molecule has 138 valence electrons. The second-order valence-corrected chi connectivity index (χ2v) is 5.95. The number of nitrogens with zero attached hydrogens (tertiary/aromatic N) is 5. The first-order valence-electron chi connectivity index (χ1n) is 8.36. The summed E-state index contributed by atoms with van der Waals surface area (Å²) in [6, 6.07) is 12.5. The average molecular weight is 372 g/mol. The number of hydrazone groups is 1. The minimum Gasteiger partial charge on any atom is -0.266 e. The molecule has 3 rings (SSSR count). The molecule has 0 bridgehead atoms. The Bertz CT molecular complexity index is 1160. The summed E-state index contributed by atoms with van der Waals surface area (Å²) in [5.74, 6) is -0.628. The molecule has 2 aromatic heterocycles. The van der Waals surface area contributed by atoms with Crippen LogP contribution in [0.5, 0.6) is 0 Å². The van der Waals surface area contributed by atoms with Crippen molar-refractivity contribution >= 4 is 12.1 Å². The number of carbonyl (C=O) groups excluding carboxylic acids is 1. The Hall–Kier alpha value is -4.12. The molecule has 28 heavy (non-hydrogen) atoms. The van der Waals surface area contributed by atoms with Crippen LogP contribution in [0.3, 0.4) is 0 Å². The highest BCUT2D eigenvalue weighted by molar-refractivity contribution is 5.94. The fraction of sp³-hybridized carbons (Fsp3) is 0.100. The second-order valence-electron chi connectivity index (χ2n) is 5.95. The number of rotatable bonds is 4. The summed E-state index contributed by atoms with van der Waals surface area (Å²) in [6.45, 7) is 3.32. The van der Waals surface area contributed by atoms with Gasteiger partial charge in [0.2, 0.25) is 0 Å². The predicted octanol–water partition coefficient (Wildman–Crippen LogP) is 1.88. The van der Waals surface area contributed by atoms with Gasteiger partial charge in [-0.15, -0.1) is 0 Å². The van der Waals surface area contributed by atoms with Gasteiger partial charge >= 0.3 is 0 Å². The van der Waals surface area contributed by atoms with Crippen LogP contribution in [0.2, 0.25) is 0 Å². The van der Waals surface area contributed by atoms with Crippen molar-refractivity contribution in [3.05, 3.63) is 87.1 Å². The molecule has 1 N–H and O–H groups in total. The number of para-hydroxylation sites is 1. The number of benzene rings is 1. The van der Waals surface area contributed by atoms with Crippen LogP contribution in [0.1, 0.15) is 32.7 Å². The highest BCUT2D eigenvalue weighted by Gasteiger charge is 2.20. The molecule has 0 fully saturated rings. The van der Waals surface area contributed by atoms with E-state index in [9.17, 15) is 14.9 Å². The maximum Gasteiger partial charge on any atom is 0.292 e. The van der Waals surface area contributed by atoms with E-state index in [2.05, 4.69) is 20.6 Å². The largest absolute Gasteiger partial charge is 0.292 e. The van der Waals surface area contributed by atoms with E-state index in [1.165, 1.54) is 13.1 Å². The summed E-state index contributed by atoms with van der Waals surface area (Å²) in [6.07, 6.45) is 4.65. The van der Waals surface area contributed by atoms with Crippen LogP contribution in [0.15, 0.2) is 58.7 Å². The van der Waals surface area contributed by atoms with Gasteiger partial charge in [-0.05, 0) is 31.5 Å². The molecule has 0 aliphatic carbocycles. The zero-order valence-electron chi connectivity index (χ0n) is 15.2. The number of aryl methyl sites for hydroxylation is 1. The van der Waals surface area contributed by atoms with Crippen molar-refractivity contribution in [2.45, 2.75) is 13.8 Å². The van der Waals surface area contributed by atoms with E-state index >= 15 is 0 Å². The van der Waals surface area contributed by atoms with Gasteiger partial charge < -0.3 is 0 Å². The van der Waals surface area contributed by atoms with Gasteiger partial charge in [0, 0.05) is 23.5 Å². The first kappa shape index (κ1) is 18.7. The standard InChI is InChI=1S/C20H16N6O2/c1-13-6-3-4-8-17(13)26-20(28)16(10-21)14(2)18(25-26)19(27)24-23-12-15-7-5-9-22-11-15/h3-9,11-12H,1-2H3,(H,24,27)/b23-12+. The summed E-state index contributed by atoms with van der Waals surface area (Å²) in [5, 5.41) is 17.5. The molecule has 8 heteroatoms. The second kappa shape index (κ2) is 8.05. The zero-order valence-corrected chi connectivity index (χ0v) is 15.2. The van der Waals surface area contributed by atoms with Crippen LogP contribution < -0.4 is 11.0 Å². The van der Waals surface area contributed by atoms with Crippen LogP contribution in [0.4, 0.5) is 0 Å². The van der Waals surface area contributed by atoms with Gasteiger partial charge in [-0.2, -0.15) is 20.1 Å². The Morgan fingerprint density at radius 3 is 2.71 bits per heavy atom. The quantitative estimate of drug-likeness (QED) is 0.555. The topological polar surface area (TPSA) is 113 Å². The Kier molecular flexibility index (Phi) is 5.37. The number of nitriles is 1. The first-order valence-corrected chi connectivity index (χ1v) is 8.36. The van der Waals surface area contributed by atoms with Crippen LogP contribution in [0, 0.1) is 25.2 Å². The van der Waals surface area contributed by atoms with E-state index in [-0.39, 0.29) is 16.8 Å². The molecule has 0 saturated heterocycles. The van der Waals surface area contributed by atoms with Gasteiger partial charge in [-0.1, -0.05) is 24.3 Å². The number of aromatic nitrogens is 3. The van der Waals surface area contributed by atoms with Gasteiger partial charge in [0.15, 0.2) is 5.69 Å². The van der Waals surface area contributed by atoms with E-state index in [4.69, 9.17) is 0 Å². The van der Waals surface area contributed by atoms with E-state index in [1.807, 2.05) is 25.1 Å². The normalized spacial score (nSPS) is 10.6. The van der Waals surface area contributed by atoms with Crippen LogP contribution in [0.25, 0.3) is 5.69 Å². The molecule has 1 amide bonds. The number of hydrogen-bond donors (Lipinski definition) is 1. The van der Waals surface area contributed by atoms with Crippen LogP contribution >= 0.6 is 0 Å². The molecule has 3 aromatic rings. The summed E-state index contributed by atoms with van der Waals surface area (Å²) in [5.41, 5.74) is 3.78. The Balaban J connectivity index is 2.01. The fourth-order valence-electron chi connectivity index (χ4n) is 2.59. The maximum absolute atomic E-state index is 12.7. The number of nitrogens with one attached hydrogen (secondary N) is 1. The van der Waals surface area contributed by atoms with Gasteiger partial charge in [0.25, 0.3) is 11.5 Å². The van der Waals surface area contributed by atoms with Gasteiger partial charge in [-0.3, -0.25) is 14.6 Å². The number of carbonyl (C=O) groups is 1. The fourth-order valence-corrected chi connectivity index (χ4v) is 2.59. The van der Waals surface area contributed by atoms with E-state index in [1.54, 1.807) is 36.7 Å². The van der Waals surface area contributed by atoms with Crippen molar-refractivity contribution in [3.8, 4) is 11.8 Å². The first-order chi connectivity index (χ1) is 13.5. The lowest BCUT2D eigenvalue weighted by atomic mass is 10.1. The minimum absolute atomic E-state index is 0.0530. The third-order valence-corrected chi connectivity index (χ3v) is 4.07. The summed E-state index contributed by atoms with van der Waals surface area (Å²) >= 11 is 0. The third kappa shape index (κ3) is 3.68. The van der Waals surface area contributed by atoms with E-state index in [0.717, 1.165) is 10.2 Å². The Labute approximate surface area is 160 Å². The van der Waals surface area contributed by atoms with Gasteiger partial charge in [-0.25, -0.2) is 5.43 Å². The molecule has 0 spiro atoms. The molecule has 1 aromatic carbocycles. The van der Waals surface area contributed by atoms with Crippen molar-refractivity contribution in [2.75, 3.05) is 0 Å². The van der Waals surface area contributed by atoms with E-state index in [0.29, 0.717) is 11.3 Å². The molecule has 0 radical (unpaired) electrons. The molecule has 8 nitrogen and oxygen atoms in total. The predicted molar refractivity (Wildman–Crippen MR) is 103 cm³/mol. The zero-order chi connectivity index (χ0) is 20.1. The molecule has 2 heterocycles.